The first-order valence-electron chi connectivity index (χ1n) is 5.94. The number of hydrogen-bond acceptors (Lipinski definition) is 5. The molecule has 0 unspecified atom stereocenters. The Hall–Kier alpha value is -2.07. The maximum absolute atomic E-state index is 11.0. The molecule has 0 aliphatic rings. The van der Waals surface area contributed by atoms with E-state index in [1.807, 2.05) is 11.4 Å². The molecule has 0 saturated carbocycles. The Bertz CT molecular complexity index is 718. The number of ether oxygens (including phenoxy) is 1. The van der Waals surface area contributed by atoms with Gasteiger partial charge in [0.15, 0.2) is 5.75 Å². The highest BCUT2D eigenvalue weighted by Crippen LogP contribution is 2.31. The van der Waals surface area contributed by atoms with Gasteiger partial charge in [-0.25, -0.2) is 0 Å². The third-order valence-electron chi connectivity index (χ3n) is 2.55. The number of rotatable bonds is 4. The second-order valence-corrected chi connectivity index (χ2v) is 5.36. The van der Waals surface area contributed by atoms with Crippen LogP contribution in [0.4, 0.5) is 5.69 Å². The van der Waals surface area contributed by atoms with E-state index in [-0.39, 0.29) is 24.6 Å². The smallest absolute Gasteiger partial charge is 0.312 e. The summed E-state index contributed by atoms with van der Waals surface area (Å²) in [5.41, 5.74) is 6.00. The minimum atomic E-state index is -0.523. The Morgan fingerprint density at radius 2 is 2.24 bits per heavy atom. The van der Waals surface area contributed by atoms with Crippen molar-refractivity contribution in [3.8, 4) is 17.6 Å². The number of hydrogen-bond donors (Lipinski definition) is 1. The van der Waals surface area contributed by atoms with Crippen molar-refractivity contribution in [2.24, 2.45) is 5.73 Å². The summed E-state index contributed by atoms with van der Waals surface area (Å²) < 4.78 is 5.53. The van der Waals surface area contributed by atoms with Gasteiger partial charge < -0.3 is 10.5 Å². The second kappa shape index (κ2) is 7.09. The average molecular weight is 323 g/mol. The molecule has 1 aromatic heterocycles. The zero-order valence-electron chi connectivity index (χ0n) is 10.8. The van der Waals surface area contributed by atoms with Crippen LogP contribution in [-0.4, -0.2) is 11.5 Å². The number of benzene rings is 1. The highest BCUT2D eigenvalue weighted by molar-refractivity contribution is 7.10. The molecule has 108 valence electrons. The molecule has 0 spiro atoms. The van der Waals surface area contributed by atoms with Crippen LogP contribution < -0.4 is 10.5 Å². The SMILES string of the molecule is NCC#Cc1ccsc1COc1ccc(Cl)cc1[N+](=O)[O-]. The Balaban J connectivity index is 2.17. The van der Waals surface area contributed by atoms with E-state index in [0.29, 0.717) is 5.02 Å². The van der Waals surface area contributed by atoms with E-state index in [9.17, 15) is 10.1 Å². The summed E-state index contributed by atoms with van der Waals surface area (Å²) >= 11 is 7.23. The molecule has 7 heteroatoms. The third kappa shape index (κ3) is 3.95. The van der Waals surface area contributed by atoms with Crippen molar-refractivity contribution in [3.05, 3.63) is 55.2 Å². The van der Waals surface area contributed by atoms with Crippen LogP contribution in [0.5, 0.6) is 5.75 Å². The van der Waals surface area contributed by atoms with Crippen LogP contribution in [-0.2, 0) is 6.61 Å². The van der Waals surface area contributed by atoms with Gasteiger partial charge in [0.2, 0.25) is 0 Å². The molecule has 0 fully saturated rings. The normalized spacial score (nSPS) is 9.81. The van der Waals surface area contributed by atoms with Crippen LogP contribution in [0.15, 0.2) is 29.6 Å². The van der Waals surface area contributed by atoms with Crippen molar-refractivity contribution in [2.45, 2.75) is 6.61 Å². The van der Waals surface area contributed by atoms with Gasteiger partial charge >= 0.3 is 5.69 Å². The minimum absolute atomic E-state index is 0.159. The number of nitrogens with zero attached hydrogens (tertiary/aromatic N) is 1. The van der Waals surface area contributed by atoms with Gasteiger partial charge in [-0.2, -0.15) is 0 Å². The Labute approximate surface area is 130 Å². The largest absolute Gasteiger partial charge is 0.481 e. The molecule has 0 amide bonds. The molecule has 21 heavy (non-hydrogen) atoms. The average Bonchev–Trinajstić information content (AvgIpc) is 2.91. The summed E-state index contributed by atoms with van der Waals surface area (Å²) in [4.78, 5) is 11.3. The van der Waals surface area contributed by atoms with Gasteiger partial charge in [0, 0.05) is 16.7 Å². The molecule has 0 radical (unpaired) electrons. The van der Waals surface area contributed by atoms with E-state index in [1.165, 1.54) is 23.5 Å². The first kappa shape index (κ1) is 15.3. The highest BCUT2D eigenvalue weighted by atomic mass is 35.5. The zero-order chi connectivity index (χ0) is 15.2. The van der Waals surface area contributed by atoms with Gasteiger partial charge in [0.05, 0.1) is 16.3 Å². The van der Waals surface area contributed by atoms with Crippen LogP contribution in [0, 0.1) is 22.0 Å². The van der Waals surface area contributed by atoms with Crippen molar-refractivity contribution in [1.29, 1.82) is 0 Å². The second-order valence-electron chi connectivity index (χ2n) is 3.92. The first-order chi connectivity index (χ1) is 10.1. The number of nitro groups is 1. The summed E-state index contributed by atoms with van der Waals surface area (Å²) in [5.74, 6) is 5.88. The lowest BCUT2D eigenvalue weighted by molar-refractivity contribution is -0.385. The molecule has 0 saturated heterocycles. The van der Waals surface area contributed by atoms with Crippen molar-refractivity contribution >= 4 is 28.6 Å². The van der Waals surface area contributed by atoms with Gasteiger partial charge in [-0.15, -0.1) is 11.3 Å². The van der Waals surface area contributed by atoms with Gasteiger partial charge in [-0.05, 0) is 23.6 Å². The summed E-state index contributed by atoms with van der Waals surface area (Å²) in [5, 5.41) is 13.2. The fourth-order valence-electron chi connectivity index (χ4n) is 1.61. The quantitative estimate of drug-likeness (QED) is 0.532. The number of thiophene rings is 1. The van der Waals surface area contributed by atoms with E-state index in [1.54, 1.807) is 6.07 Å². The van der Waals surface area contributed by atoms with E-state index < -0.39 is 4.92 Å². The van der Waals surface area contributed by atoms with E-state index in [4.69, 9.17) is 22.1 Å². The minimum Gasteiger partial charge on any atom is -0.481 e. The van der Waals surface area contributed by atoms with Crippen molar-refractivity contribution in [3.63, 3.8) is 0 Å². The molecule has 1 heterocycles. The first-order valence-corrected chi connectivity index (χ1v) is 7.19. The standard InChI is InChI=1S/C14H11ClN2O3S/c15-11-3-4-13(12(8-11)17(18)19)20-9-14-10(2-1-6-16)5-7-21-14/h3-5,7-8H,6,9,16H2. The van der Waals surface area contributed by atoms with Crippen LogP contribution >= 0.6 is 22.9 Å². The molecule has 5 nitrogen and oxygen atoms in total. The van der Waals surface area contributed by atoms with E-state index in [2.05, 4.69) is 11.8 Å². The zero-order valence-corrected chi connectivity index (χ0v) is 12.4. The topological polar surface area (TPSA) is 78.4 Å². The molecular formula is C14H11ClN2O3S. The van der Waals surface area contributed by atoms with Crippen molar-refractivity contribution < 1.29 is 9.66 Å². The lowest BCUT2D eigenvalue weighted by atomic mass is 10.2. The Kier molecular flexibility index (Phi) is 5.17. The molecule has 2 N–H and O–H groups in total. The van der Waals surface area contributed by atoms with Crippen molar-refractivity contribution in [2.75, 3.05) is 6.54 Å². The van der Waals surface area contributed by atoms with Crippen LogP contribution in [0.1, 0.15) is 10.4 Å². The van der Waals surface area contributed by atoms with Gasteiger partial charge in [0.25, 0.3) is 0 Å². The third-order valence-corrected chi connectivity index (χ3v) is 3.68. The number of nitrogens with two attached hydrogens (primary N) is 1. The monoisotopic (exact) mass is 322 g/mol. The molecule has 0 aliphatic heterocycles. The maximum atomic E-state index is 11.0. The highest BCUT2D eigenvalue weighted by Gasteiger charge is 2.16. The van der Waals surface area contributed by atoms with Gasteiger partial charge in [-0.3, -0.25) is 10.1 Å². The fraction of sp³-hybridized carbons (Fsp3) is 0.143. The van der Waals surface area contributed by atoms with Gasteiger partial charge in [-0.1, -0.05) is 23.4 Å². The van der Waals surface area contributed by atoms with Crippen LogP contribution in [0.2, 0.25) is 5.02 Å². The summed E-state index contributed by atoms with van der Waals surface area (Å²) in [6, 6.07) is 6.16. The summed E-state index contributed by atoms with van der Waals surface area (Å²) in [7, 11) is 0. The molecule has 2 rings (SSSR count). The van der Waals surface area contributed by atoms with Crippen LogP contribution in [0.3, 0.4) is 0 Å². The molecule has 0 atom stereocenters. The Morgan fingerprint density at radius 1 is 1.43 bits per heavy atom. The predicted molar refractivity (Wildman–Crippen MR) is 82.7 cm³/mol. The van der Waals surface area contributed by atoms with Crippen molar-refractivity contribution in [1.82, 2.24) is 0 Å². The van der Waals surface area contributed by atoms with E-state index in [0.717, 1.165) is 10.4 Å². The number of halogens is 1. The maximum Gasteiger partial charge on any atom is 0.312 e. The number of nitro benzene ring substituents is 1. The predicted octanol–water partition coefficient (Wildman–Crippen LogP) is 3.20. The Morgan fingerprint density at radius 3 is 2.95 bits per heavy atom. The lowest BCUT2D eigenvalue weighted by Gasteiger charge is -2.06. The lowest BCUT2D eigenvalue weighted by Crippen LogP contribution is -1.99. The molecule has 0 bridgehead atoms. The fourth-order valence-corrected chi connectivity index (χ4v) is 2.52. The van der Waals surface area contributed by atoms with Crippen LogP contribution in [0.25, 0.3) is 0 Å². The summed E-state index contributed by atoms with van der Waals surface area (Å²) in [6.07, 6.45) is 0. The molecular weight excluding hydrogens is 312 g/mol. The van der Waals surface area contributed by atoms with Gasteiger partial charge in [0.1, 0.15) is 6.61 Å². The van der Waals surface area contributed by atoms with E-state index >= 15 is 0 Å². The summed E-state index contributed by atoms with van der Waals surface area (Å²) in [6.45, 7) is 0.480. The molecule has 1 aromatic carbocycles. The molecule has 2 aromatic rings. The molecule has 0 aliphatic carbocycles.